The molecule has 117 valence electrons. The van der Waals surface area contributed by atoms with Gasteiger partial charge in [-0.1, -0.05) is 6.07 Å². The zero-order valence-electron chi connectivity index (χ0n) is 11.0. The minimum absolute atomic E-state index is 0.113. The zero-order valence-corrected chi connectivity index (χ0v) is 11.0. The Morgan fingerprint density at radius 3 is 1.95 bits per heavy atom. The van der Waals surface area contributed by atoms with E-state index >= 15 is 0 Å². The van der Waals surface area contributed by atoms with Crippen LogP contribution in [0.1, 0.15) is 22.3 Å². The Morgan fingerprint density at radius 2 is 1.50 bits per heavy atom. The molecule has 1 nitrogen and oxygen atoms in total. The van der Waals surface area contributed by atoms with E-state index in [0.29, 0.717) is 17.7 Å². The Kier molecular flexibility index (Phi) is 4.44. The number of pyridine rings is 1. The molecule has 7 heteroatoms. The van der Waals surface area contributed by atoms with E-state index in [-0.39, 0.29) is 18.1 Å². The first-order chi connectivity index (χ1) is 10.2. The van der Waals surface area contributed by atoms with Gasteiger partial charge in [0.1, 0.15) is 0 Å². The normalized spacial score (nSPS) is 12.5. The molecule has 0 aliphatic rings. The average molecular weight is 318 g/mol. The van der Waals surface area contributed by atoms with Crippen LogP contribution < -0.4 is 0 Å². The van der Waals surface area contributed by atoms with Crippen molar-refractivity contribution in [3.8, 4) is 0 Å². The minimum atomic E-state index is -4.84. The van der Waals surface area contributed by atoms with E-state index in [1.807, 2.05) is 0 Å². The molecule has 0 spiro atoms. The molecule has 1 heterocycles. The highest BCUT2D eigenvalue weighted by atomic mass is 19.4. The Balaban J connectivity index is 2.30. The van der Waals surface area contributed by atoms with Gasteiger partial charge in [-0.15, -0.1) is 0 Å². The van der Waals surface area contributed by atoms with Gasteiger partial charge in [-0.25, -0.2) is 0 Å². The van der Waals surface area contributed by atoms with Crippen molar-refractivity contribution in [1.82, 2.24) is 4.98 Å². The lowest BCUT2D eigenvalue weighted by molar-refractivity contribution is -0.143. The molecule has 0 unspecified atom stereocenters. The van der Waals surface area contributed by atoms with Crippen molar-refractivity contribution in [2.45, 2.75) is 18.8 Å². The quantitative estimate of drug-likeness (QED) is 0.733. The second-order valence-electron chi connectivity index (χ2n) is 4.61. The monoisotopic (exact) mass is 318 g/mol. The van der Waals surface area contributed by atoms with Gasteiger partial charge in [0.25, 0.3) is 0 Å². The lowest BCUT2D eigenvalue weighted by atomic mass is 10.00. The molecule has 0 amide bonds. The van der Waals surface area contributed by atoms with E-state index in [0.717, 1.165) is 0 Å². The second kappa shape index (κ2) is 5.98. The van der Waals surface area contributed by atoms with Gasteiger partial charge in [0.15, 0.2) is 0 Å². The summed E-state index contributed by atoms with van der Waals surface area (Å²) in [5.74, 6) is 0. The molecule has 2 rings (SSSR count). The Morgan fingerprint density at radius 1 is 0.909 bits per heavy atom. The average Bonchev–Trinajstić information content (AvgIpc) is 2.44. The van der Waals surface area contributed by atoms with Crippen molar-refractivity contribution in [3.63, 3.8) is 0 Å². The van der Waals surface area contributed by atoms with Crippen molar-refractivity contribution in [2.75, 3.05) is 0 Å². The van der Waals surface area contributed by atoms with Crippen LogP contribution in [0.2, 0.25) is 0 Å². The lowest BCUT2D eigenvalue weighted by Gasteiger charge is -2.14. The Bertz CT molecular complexity index is 598. The molecule has 1 radical (unpaired) electrons. The van der Waals surface area contributed by atoms with E-state index in [4.69, 9.17) is 0 Å². The number of halogens is 6. The van der Waals surface area contributed by atoms with Crippen molar-refractivity contribution >= 4 is 0 Å². The Labute approximate surface area is 122 Å². The largest absolute Gasteiger partial charge is 0.416 e. The van der Waals surface area contributed by atoms with Crippen LogP contribution in [0.3, 0.4) is 0 Å². The van der Waals surface area contributed by atoms with Crippen molar-refractivity contribution < 1.29 is 26.3 Å². The fraction of sp³-hybridized carbons (Fsp3) is 0.200. The summed E-state index contributed by atoms with van der Waals surface area (Å²) < 4.78 is 76.2. The highest BCUT2D eigenvalue weighted by Crippen LogP contribution is 2.36. The van der Waals surface area contributed by atoms with E-state index in [9.17, 15) is 26.3 Å². The minimum Gasteiger partial charge on any atom is -0.264 e. The smallest absolute Gasteiger partial charge is 0.264 e. The van der Waals surface area contributed by atoms with Gasteiger partial charge in [-0.3, -0.25) is 4.98 Å². The van der Waals surface area contributed by atoms with E-state index in [1.54, 1.807) is 12.1 Å². The van der Waals surface area contributed by atoms with Crippen LogP contribution >= 0.6 is 0 Å². The molecule has 0 atom stereocenters. The molecular formula is C15H10F6N. The van der Waals surface area contributed by atoms with Gasteiger partial charge < -0.3 is 0 Å². The molecule has 0 saturated heterocycles. The Hall–Kier alpha value is -2.05. The van der Waals surface area contributed by atoms with Gasteiger partial charge in [0.05, 0.1) is 11.1 Å². The summed E-state index contributed by atoms with van der Waals surface area (Å²) in [4.78, 5) is 3.83. The molecule has 22 heavy (non-hydrogen) atoms. The summed E-state index contributed by atoms with van der Waals surface area (Å²) in [7, 11) is 0. The molecule has 0 saturated carbocycles. The molecule has 0 N–H and O–H groups in total. The maximum atomic E-state index is 12.7. The number of benzene rings is 1. The van der Waals surface area contributed by atoms with E-state index in [1.165, 1.54) is 18.8 Å². The van der Waals surface area contributed by atoms with Gasteiger partial charge in [-0.05, 0) is 48.2 Å². The zero-order chi connectivity index (χ0) is 16.4. The number of aromatic nitrogens is 1. The van der Waals surface area contributed by atoms with Crippen LogP contribution in [0.4, 0.5) is 26.3 Å². The van der Waals surface area contributed by atoms with Gasteiger partial charge in [0.2, 0.25) is 0 Å². The molecule has 0 aliphatic heterocycles. The topological polar surface area (TPSA) is 12.9 Å². The maximum absolute atomic E-state index is 12.7. The first-order valence-corrected chi connectivity index (χ1v) is 6.18. The van der Waals surface area contributed by atoms with E-state index in [2.05, 4.69) is 4.98 Å². The predicted molar refractivity (Wildman–Crippen MR) is 67.8 cm³/mol. The molecule has 0 aliphatic carbocycles. The first kappa shape index (κ1) is 16.3. The molecule has 1 aromatic heterocycles. The first-order valence-electron chi connectivity index (χ1n) is 6.18. The number of hydrogen-bond donors (Lipinski definition) is 0. The lowest BCUT2D eigenvalue weighted by Crippen LogP contribution is -2.11. The molecule has 0 bridgehead atoms. The van der Waals surface area contributed by atoms with Crippen LogP contribution in [0.15, 0.2) is 42.7 Å². The standard InChI is InChI=1S/C15H10F6N/c16-14(17,18)12-6-11(7-13(8-12)15(19,20)21)4-3-10-2-1-5-22-9-10/h1-2,4-9H,3H2. The summed E-state index contributed by atoms with van der Waals surface area (Å²) in [5.41, 5.74) is -2.08. The number of nitrogens with zero attached hydrogens (tertiary/aromatic N) is 1. The summed E-state index contributed by atoms with van der Waals surface area (Å²) in [6.45, 7) is 0. The van der Waals surface area contributed by atoms with Crippen LogP contribution in [0.25, 0.3) is 0 Å². The number of rotatable bonds is 3. The third kappa shape index (κ3) is 4.22. The maximum Gasteiger partial charge on any atom is 0.416 e. The van der Waals surface area contributed by atoms with E-state index < -0.39 is 23.5 Å². The third-order valence-corrected chi connectivity index (χ3v) is 2.91. The van der Waals surface area contributed by atoms with Crippen LogP contribution in [0.5, 0.6) is 0 Å². The van der Waals surface area contributed by atoms with Gasteiger partial charge in [0, 0.05) is 12.4 Å². The highest BCUT2D eigenvalue weighted by Gasteiger charge is 2.36. The van der Waals surface area contributed by atoms with Crippen molar-refractivity contribution in [2.24, 2.45) is 0 Å². The van der Waals surface area contributed by atoms with Gasteiger partial charge >= 0.3 is 12.4 Å². The number of alkyl halides is 6. The molecule has 1 aromatic carbocycles. The molecule has 0 fully saturated rings. The predicted octanol–water partition coefficient (Wildman–Crippen LogP) is 4.91. The third-order valence-electron chi connectivity index (χ3n) is 2.91. The van der Waals surface area contributed by atoms with Crippen LogP contribution in [-0.2, 0) is 18.8 Å². The highest BCUT2D eigenvalue weighted by molar-refractivity contribution is 5.37. The van der Waals surface area contributed by atoms with Gasteiger partial charge in [-0.2, -0.15) is 26.3 Å². The fourth-order valence-corrected chi connectivity index (χ4v) is 1.85. The summed E-state index contributed by atoms with van der Waals surface area (Å²) >= 11 is 0. The van der Waals surface area contributed by atoms with Crippen molar-refractivity contribution in [1.29, 1.82) is 0 Å². The summed E-state index contributed by atoms with van der Waals surface area (Å²) in [6, 6.07) is 4.83. The fourth-order valence-electron chi connectivity index (χ4n) is 1.85. The van der Waals surface area contributed by atoms with Crippen molar-refractivity contribution in [3.05, 3.63) is 71.4 Å². The molecule has 2 aromatic rings. The SMILES string of the molecule is FC(F)(F)c1cc([CH]Cc2cccnc2)cc(C(F)(F)F)c1. The summed E-state index contributed by atoms with van der Waals surface area (Å²) in [5, 5.41) is 0. The second-order valence-corrected chi connectivity index (χ2v) is 4.61. The molecular weight excluding hydrogens is 308 g/mol. The van der Waals surface area contributed by atoms with Crippen LogP contribution in [0, 0.1) is 6.42 Å². The summed E-state index contributed by atoms with van der Waals surface area (Å²) in [6.07, 6.45) is -5.16. The number of hydrogen-bond acceptors (Lipinski definition) is 1. The van der Waals surface area contributed by atoms with Crippen LogP contribution in [-0.4, -0.2) is 4.98 Å².